The smallest absolute Gasteiger partial charge is 0.319 e. The van der Waals surface area contributed by atoms with Gasteiger partial charge in [-0.05, 0) is 42.8 Å². The molecule has 0 spiro atoms. The molecule has 2 aromatic rings. The number of carbonyl (C=O) groups is 2. The molecule has 1 aliphatic heterocycles. The van der Waals surface area contributed by atoms with Gasteiger partial charge in [-0.2, -0.15) is 0 Å². The van der Waals surface area contributed by atoms with Crippen LogP contribution < -0.4 is 15.5 Å². The van der Waals surface area contributed by atoms with Crippen molar-refractivity contribution < 1.29 is 22.8 Å². The first-order valence-corrected chi connectivity index (χ1v) is 7.53. The molecular weight excluding hydrogens is 335 g/mol. The largest absolute Gasteiger partial charge is 0.326 e. The Balaban J connectivity index is 1.62. The third-order valence-electron chi connectivity index (χ3n) is 3.77. The van der Waals surface area contributed by atoms with Gasteiger partial charge in [0.15, 0.2) is 0 Å². The van der Waals surface area contributed by atoms with Crippen molar-refractivity contribution in [3.05, 3.63) is 59.9 Å². The summed E-state index contributed by atoms with van der Waals surface area (Å²) in [5.74, 6) is -2.40. The predicted octanol–water partition coefficient (Wildman–Crippen LogP) is 3.03. The van der Waals surface area contributed by atoms with Crippen molar-refractivity contribution in [2.24, 2.45) is 0 Å². The van der Waals surface area contributed by atoms with Crippen LogP contribution in [0.2, 0.25) is 0 Å². The van der Waals surface area contributed by atoms with E-state index < -0.39 is 29.5 Å². The molecule has 1 atom stereocenters. The summed E-state index contributed by atoms with van der Waals surface area (Å²) in [5, 5.41) is 4.75. The minimum Gasteiger partial charge on any atom is -0.326 e. The van der Waals surface area contributed by atoms with Crippen LogP contribution in [-0.2, 0) is 4.79 Å². The molecule has 1 saturated heterocycles. The fraction of sp³-hybridized carbons (Fsp3) is 0.176. The van der Waals surface area contributed by atoms with Crippen LogP contribution in [0.3, 0.4) is 0 Å². The first-order valence-electron chi connectivity index (χ1n) is 7.53. The number of urea groups is 1. The highest BCUT2D eigenvalue weighted by Crippen LogP contribution is 2.22. The Morgan fingerprint density at radius 2 is 1.64 bits per heavy atom. The second-order valence-corrected chi connectivity index (χ2v) is 5.56. The molecule has 25 heavy (non-hydrogen) atoms. The normalized spacial score (nSPS) is 16.8. The van der Waals surface area contributed by atoms with Gasteiger partial charge < -0.3 is 15.5 Å². The first-order chi connectivity index (χ1) is 11.9. The summed E-state index contributed by atoms with van der Waals surface area (Å²) in [6, 6.07) is 6.53. The maximum absolute atomic E-state index is 13.1. The number of carbonyl (C=O) groups excluding carboxylic acids is 2. The van der Waals surface area contributed by atoms with Gasteiger partial charge in [0.25, 0.3) is 0 Å². The lowest BCUT2D eigenvalue weighted by atomic mass is 10.2. The van der Waals surface area contributed by atoms with Gasteiger partial charge in [0.2, 0.25) is 5.91 Å². The second-order valence-electron chi connectivity index (χ2n) is 5.56. The fourth-order valence-electron chi connectivity index (χ4n) is 2.64. The van der Waals surface area contributed by atoms with E-state index in [9.17, 15) is 22.8 Å². The average Bonchev–Trinajstić information content (AvgIpc) is 2.88. The Bertz CT molecular complexity index is 791. The van der Waals surface area contributed by atoms with Crippen molar-refractivity contribution in [1.82, 2.24) is 5.32 Å². The van der Waals surface area contributed by atoms with Crippen LogP contribution in [0.5, 0.6) is 0 Å². The Kier molecular flexibility index (Phi) is 4.60. The minimum absolute atomic E-state index is 0.0594. The van der Waals surface area contributed by atoms with E-state index >= 15 is 0 Å². The van der Waals surface area contributed by atoms with Crippen molar-refractivity contribution in [3.8, 4) is 0 Å². The third kappa shape index (κ3) is 3.90. The zero-order valence-electron chi connectivity index (χ0n) is 12.9. The van der Waals surface area contributed by atoms with E-state index in [0.717, 1.165) is 12.1 Å². The molecule has 0 saturated carbocycles. The Hall–Kier alpha value is -3.03. The van der Waals surface area contributed by atoms with Gasteiger partial charge in [-0.3, -0.25) is 4.79 Å². The lowest BCUT2D eigenvalue weighted by Crippen LogP contribution is -2.43. The van der Waals surface area contributed by atoms with Crippen LogP contribution in [0.25, 0.3) is 0 Å². The highest BCUT2D eigenvalue weighted by Gasteiger charge is 2.33. The van der Waals surface area contributed by atoms with Crippen molar-refractivity contribution in [3.63, 3.8) is 0 Å². The van der Waals surface area contributed by atoms with Crippen LogP contribution in [0, 0.1) is 17.5 Å². The van der Waals surface area contributed by atoms with Gasteiger partial charge >= 0.3 is 6.03 Å². The van der Waals surface area contributed by atoms with E-state index in [1.165, 1.54) is 29.2 Å². The standard InChI is InChI=1S/C17H14F3N3O2/c18-10-1-3-14(4-2-10)23-6-5-15(16(23)24)22-17(25)21-13-8-11(19)7-12(20)9-13/h1-4,7-9,15H,5-6H2,(H2,21,22,25). The lowest BCUT2D eigenvalue weighted by molar-refractivity contribution is -0.118. The van der Waals surface area contributed by atoms with Gasteiger partial charge in [0, 0.05) is 24.0 Å². The molecule has 3 amide bonds. The highest BCUT2D eigenvalue weighted by atomic mass is 19.1. The number of hydrogen-bond acceptors (Lipinski definition) is 2. The topological polar surface area (TPSA) is 61.4 Å². The summed E-state index contributed by atoms with van der Waals surface area (Å²) in [6.07, 6.45) is 0.362. The number of anilines is 2. The zero-order valence-corrected chi connectivity index (χ0v) is 12.9. The SMILES string of the molecule is O=C(Nc1cc(F)cc(F)c1)NC1CCN(c2ccc(F)cc2)C1=O. The molecule has 0 aliphatic carbocycles. The molecule has 0 aromatic heterocycles. The number of amides is 3. The first kappa shape index (κ1) is 16.8. The quantitative estimate of drug-likeness (QED) is 0.895. The monoisotopic (exact) mass is 349 g/mol. The summed E-state index contributed by atoms with van der Waals surface area (Å²) in [4.78, 5) is 25.7. The molecule has 5 nitrogen and oxygen atoms in total. The number of nitrogens with one attached hydrogen (secondary N) is 2. The van der Waals surface area contributed by atoms with E-state index in [-0.39, 0.29) is 11.6 Å². The summed E-state index contributed by atoms with van der Waals surface area (Å²) in [6.45, 7) is 0.365. The van der Waals surface area contributed by atoms with Crippen LogP contribution in [0.1, 0.15) is 6.42 Å². The van der Waals surface area contributed by atoms with E-state index in [0.29, 0.717) is 24.7 Å². The maximum atomic E-state index is 13.1. The van der Waals surface area contributed by atoms with Gasteiger partial charge in [0.1, 0.15) is 23.5 Å². The van der Waals surface area contributed by atoms with Crippen molar-refractivity contribution in [2.75, 3.05) is 16.8 Å². The number of rotatable bonds is 3. The molecule has 8 heteroatoms. The molecule has 2 aromatic carbocycles. The summed E-state index contributed by atoms with van der Waals surface area (Å²) in [5.41, 5.74) is 0.471. The number of halogens is 3. The molecular formula is C17H14F3N3O2. The number of benzene rings is 2. The molecule has 2 N–H and O–H groups in total. The Labute approximate surface area is 141 Å². The molecule has 130 valence electrons. The van der Waals surface area contributed by atoms with E-state index in [1.807, 2.05) is 0 Å². The van der Waals surface area contributed by atoms with E-state index in [4.69, 9.17) is 0 Å². The minimum atomic E-state index is -0.824. The number of hydrogen-bond donors (Lipinski definition) is 2. The fourth-order valence-corrected chi connectivity index (χ4v) is 2.64. The van der Waals surface area contributed by atoms with Gasteiger partial charge in [-0.15, -0.1) is 0 Å². The highest BCUT2D eigenvalue weighted by molar-refractivity contribution is 6.02. The van der Waals surface area contributed by atoms with Gasteiger partial charge in [-0.1, -0.05) is 0 Å². The van der Waals surface area contributed by atoms with E-state index in [1.54, 1.807) is 0 Å². The molecule has 0 bridgehead atoms. The molecule has 1 fully saturated rings. The lowest BCUT2D eigenvalue weighted by Gasteiger charge is -2.17. The van der Waals surface area contributed by atoms with Crippen LogP contribution in [0.15, 0.2) is 42.5 Å². The molecule has 1 heterocycles. The second kappa shape index (κ2) is 6.84. The van der Waals surface area contributed by atoms with Crippen molar-refractivity contribution in [2.45, 2.75) is 12.5 Å². The average molecular weight is 349 g/mol. The maximum Gasteiger partial charge on any atom is 0.319 e. The van der Waals surface area contributed by atoms with Crippen molar-refractivity contribution in [1.29, 1.82) is 0 Å². The molecule has 0 radical (unpaired) electrons. The Morgan fingerprint density at radius 1 is 1.00 bits per heavy atom. The van der Waals surface area contributed by atoms with Crippen LogP contribution in [-0.4, -0.2) is 24.5 Å². The molecule has 1 aliphatic rings. The number of nitrogens with zero attached hydrogens (tertiary/aromatic N) is 1. The van der Waals surface area contributed by atoms with E-state index in [2.05, 4.69) is 10.6 Å². The Morgan fingerprint density at radius 3 is 2.28 bits per heavy atom. The third-order valence-corrected chi connectivity index (χ3v) is 3.77. The van der Waals surface area contributed by atoms with Gasteiger partial charge in [0.05, 0.1) is 0 Å². The van der Waals surface area contributed by atoms with Crippen molar-refractivity contribution >= 4 is 23.3 Å². The van der Waals surface area contributed by atoms with Crippen LogP contribution >= 0.6 is 0 Å². The van der Waals surface area contributed by atoms with Gasteiger partial charge in [-0.25, -0.2) is 18.0 Å². The zero-order chi connectivity index (χ0) is 18.0. The molecule has 3 rings (SSSR count). The summed E-state index contributed by atoms with van der Waals surface area (Å²) in [7, 11) is 0. The molecule has 1 unspecified atom stereocenters. The summed E-state index contributed by atoms with van der Waals surface area (Å²) >= 11 is 0. The van der Waals surface area contributed by atoms with Crippen LogP contribution in [0.4, 0.5) is 29.3 Å². The summed E-state index contributed by atoms with van der Waals surface area (Å²) < 4.78 is 39.2. The predicted molar refractivity (Wildman–Crippen MR) is 85.7 cm³/mol.